The first-order valence-corrected chi connectivity index (χ1v) is 20.4. The second-order valence-electron chi connectivity index (χ2n) is 15.6. The zero-order valence-corrected chi connectivity index (χ0v) is 34.9. The second-order valence-corrected chi connectivity index (χ2v) is 17.3. The molecule has 0 aliphatic carbocycles. The summed E-state index contributed by atoms with van der Waals surface area (Å²) >= 11 is 0. The van der Waals surface area contributed by atoms with E-state index in [1.54, 1.807) is 35.9 Å². The molecule has 2 rings (SSSR count). The lowest BCUT2D eigenvalue weighted by atomic mass is 9.83. The van der Waals surface area contributed by atoms with Crippen molar-refractivity contribution in [3.05, 3.63) is 29.8 Å². The van der Waals surface area contributed by atoms with Gasteiger partial charge in [-0.25, -0.2) is 13.1 Å². The number of amides is 3. The number of sulfonamides is 1. The van der Waals surface area contributed by atoms with Crippen LogP contribution >= 0.6 is 0 Å². The van der Waals surface area contributed by atoms with Crippen LogP contribution in [0, 0.1) is 29.6 Å². The number of hydrogen-bond acceptors (Lipinski definition) is 10. The number of carbonyl (C=O) groups excluding carboxylic acids is 4. The zero-order chi connectivity index (χ0) is 40.4. The Kier molecular flexibility index (Phi) is 18.0. The number of benzene rings is 1. The SMILES string of the molecule is CC[C@H](C)[C@@H]([C@@H](CC(=O)N1CCC[C@H]1[C@H](OC)[C@@H](C)C(=O)NS(=O)(=O)c1ccc(CN)cc1)OC)N(C)C(=O)[C@@H](CC(=O)[C@H](C(C)C)N(C)C)C(C)C. The van der Waals surface area contributed by atoms with Gasteiger partial charge in [0, 0.05) is 46.7 Å². The highest BCUT2D eigenvalue weighted by molar-refractivity contribution is 7.90. The van der Waals surface area contributed by atoms with E-state index < -0.39 is 52.1 Å². The number of likely N-dealkylation sites (N-methyl/N-ethyl adjacent to an activating group) is 2. The molecule has 0 bridgehead atoms. The molecule has 0 saturated carbocycles. The monoisotopic (exact) mass is 765 g/mol. The quantitative estimate of drug-likeness (QED) is 0.188. The molecule has 0 spiro atoms. The number of methoxy groups -OCH3 is 2. The molecular formula is C39H67N5O8S. The Morgan fingerprint density at radius 3 is 2.02 bits per heavy atom. The summed E-state index contributed by atoms with van der Waals surface area (Å²) in [4.78, 5) is 60.5. The van der Waals surface area contributed by atoms with E-state index in [4.69, 9.17) is 15.2 Å². The van der Waals surface area contributed by atoms with Crippen molar-refractivity contribution in [2.45, 2.75) is 122 Å². The number of Topliss-reactive ketones (excluding diaryl/α,β-unsaturated/α-hetero) is 1. The van der Waals surface area contributed by atoms with Gasteiger partial charge in [-0.2, -0.15) is 0 Å². The Bertz CT molecular complexity index is 1460. The number of hydrogen-bond donors (Lipinski definition) is 2. The van der Waals surface area contributed by atoms with Gasteiger partial charge >= 0.3 is 0 Å². The maximum atomic E-state index is 14.3. The van der Waals surface area contributed by atoms with Crippen LogP contribution in [0.25, 0.3) is 0 Å². The molecule has 1 fully saturated rings. The van der Waals surface area contributed by atoms with Crippen LogP contribution in [0.5, 0.6) is 0 Å². The predicted octanol–water partition coefficient (Wildman–Crippen LogP) is 3.69. The average Bonchev–Trinajstić information content (AvgIpc) is 3.59. The van der Waals surface area contributed by atoms with E-state index in [1.165, 1.54) is 26.4 Å². The van der Waals surface area contributed by atoms with Gasteiger partial charge in [0.15, 0.2) is 5.78 Å². The Morgan fingerprint density at radius 2 is 1.55 bits per heavy atom. The lowest BCUT2D eigenvalue weighted by Gasteiger charge is -2.41. The van der Waals surface area contributed by atoms with Crippen molar-refractivity contribution in [3.63, 3.8) is 0 Å². The Morgan fingerprint density at radius 1 is 0.943 bits per heavy atom. The molecule has 0 radical (unpaired) electrons. The minimum atomic E-state index is -4.16. The van der Waals surface area contributed by atoms with Crippen molar-refractivity contribution < 1.29 is 37.1 Å². The fourth-order valence-electron chi connectivity index (χ4n) is 7.86. The summed E-state index contributed by atoms with van der Waals surface area (Å²) in [7, 11) is 4.33. The van der Waals surface area contributed by atoms with E-state index in [1.807, 2.05) is 60.5 Å². The molecule has 0 aromatic heterocycles. The fourth-order valence-corrected chi connectivity index (χ4v) is 8.92. The number of ether oxygens (including phenoxy) is 2. The third kappa shape index (κ3) is 11.8. The molecule has 3 N–H and O–H groups in total. The number of carbonyl (C=O) groups is 4. The van der Waals surface area contributed by atoms with Crippen LogP contribution in [0.3, 0.4) is 0 Å². The highest BCUT2D eigenvalue weighted by Gasteiger charge is 2.43. The first-order valence-electron chi connectivity index (χ1n) is 18.9. The van der Waals surface area contributed by atoms with Gasteiger partial charge in [0.2, 0.25) is 17.7 Å². The normalized spacial score (nSPS) is 19.1. The molecule has 1 aromatic carbocycles. The van der Waals surface area contributed by atoms with Crippen molar-refractivity contribution in [1.29, 1.82) is 0 Å². The van der Waals surface area contributed by atoms with Gasteiger partial charge in [0.25, 0.3) is 10.0 Å². The highest BCUT2D eigenvalue weighted by Crippen LogP contribution is 2.31. The molecule has 1 aromatic rings. The molecule has 14 heteroatoms. The van der Waals surface area contributed by atoms with E-state index in [9.17, 15) is 27.6 Å². The van der Waals surface area contributed by atoms with Crippen LogP contribution in [0.2, 0.25) is 0 Å². The van der Waals surface area contributed by atoms with E-state index in [-0.39, 0.29) is 65.7 Å². The number of ketones is 1. The van der Waals surface area contributed by atoms with Gasteiger partial charge in [-0.3, -0.25) is 24.1 Å². The van der Waals surface area contributed by atoms with E-state index in [2.05, 4.69) is 4.72 Å². The Labute approximate surface area is 318 Å². The topological polar surface area (TPSA) is 169 Å². The second kappa shape index (κ2) is 20.7. The summed E-state index contributed by atoms with van der Waals surface area (Å²) in [5.74, 6) is -2.57. The number of nitrogens with two attached hydrogens (primary N) is 1. The Balaban J connectivity index is 2.29. The van der Waals surface area contributed by atoms with Crippen LogP contribution < -0.4 is 10.5 Å². The largest absolute Gasteiger partial charge is 0.379 e. The maximum absolute atomic E-state index is 14.3. The van der Waals surface area contributed by atoms with Crippen molar-refractivity contribution >= 4 is 33.5 Å². The zero-order valence-electron chi connectivity index (χ0n) is 34.1. The van der Waals surface area contributed by atoms with Crippen LogP contribution in [-0.4, -0.2) is 119 Å². The van der Waals surface area contributed by atoms with Crippen molar-refractivity contribution in [2.75, 3.05) is 41.9 Å². The molecule has 302 valence electrons. The van der Waals surface area contributed by atoms with Gasteiger partial charge < -0.3 is 25.0 Å². The van der Waals surface area contributed by atoms with E-state index in [0.717, 1.165) is 12.0 Å². The summed E-state index contributed by atoms with van der Waals surface area (Å²) in [6, 6.07) is 4.72. The van der Waals surface area contributed by atoms with Crippen molar-refractivity contribution in [1.82, 2.24) is 19.4 Å². The molecule has 8 atom stereocenters. The fraction of sp³-hybridized carbons (Fsp3) is 0.744. The minimum Gasteiger partial charge on any atom is -0.379 e. The molecule has 13 nitrogen and oxygen atoms in total. The number of rotatable bonds is 21. The van der Waals surface area contributed by atoms with Crippen LogP contribution in [0.1, 0.15) is 86.1 Å². The molecule has 1 aliphatic heterocycles. The van der Waals surface area contributed by atoms with E-state index in [0.29, 0.717) is 19.4 Å². The predicted molar refractivity (Wildman–Crippen MR) is 206 cm³/mol. The van der Waals surface area contributed by atoms with Crippen molar-refractivity contribution in [2.24, 2.45) is 35.3 Å². The highest BCUT2D eigenvalue weighted by atomic mass is 32.2. The molecule has 1 saturated heterocycles. The summed E-state index contributed by atoms with van der Waals surface area (Å²) < 4.78 is 40.0. The third-order valence-electron chi connectivity index (χ3n) is 11.0. The van der Waals surface area contributed by atoms with Gasteiger partial charge in [0.05, 0.1) is 47.6 Å². The number of nitrogens with zero attached hydrogens (tertiary/aromatic N) is 3. The lowest BCUT2D eigenvalue weighted by Crippen LogP contribution is -2.54. The van der Waals surface area contributed by atoms with Crippen LogP contribution in [0.4, 0.5) is 0 Å². The van der Waals surface area contributed by atoms with Crippen molar-refractivity contribution in [3.8, 4) is 0 Å². The van der Waals surface area contributed by atoms with E-state index >= 15 is 0 Å². The minimum absolute atomic E-state index is 0.0227. The van der Waals surface area contributed by atoms with Gasteiger partial charge in [0.1, 0.15) is 0 Å². The molecular weight excluding hydrogens is 699 g/mol. The summed E-state index contributed by atoms with van der Waals surface area (Å²) in [6.07, 6.45) is 0.622. The number of nitrogens with one attached hydrogen (secondary N) is 1. The first-order chi connectivity index (χ1) is 24.8. The first kappa shape index (κ1) is 46.2. The molecule has 3 amide bonds. The lowest BCUT2D eigenvalue weighted by molar-refractivity contribution is -0.149. The average molecular weight is 766 g/mol. The Hall–Kier alpha value is -2.91. The summed E-state index contributed by atoms with van der Waals surface area (Å²) in [5.41, 5.74) is 6.38. The van der Waals surface area contributed by atoms with Crippen LogP contribution in [-0.2, 0) is 45.2 Å². The molecule has 0 unspecified atom stereocenters. The molecule has 53 heavy (non-hydrogen) atoms. The molecule has 1 heterocycles. The number of likely N-dealkylation sites (tertiary alicyclic amines) is 1. The smallest absolute Gasteiger partial charge is 0.264 e. The third-order valence-corrected chi connectivity index (χ3v) is 12.4. The van der Waals surface area contributed by atoms with Gasteiger partial charge in [-0.05, 0) is 62.4 Å². The standard InChI is InChI=1S/C39H67N5O8S/c1-13-26(6)36(43(10)39(48)30(24(2)3)21-32(45)35(25(4)5)42(8)9)33(51-11)22-34(46)44-20-14-15-31(44)37(52-12)27(7)38(47)41-53(49,50)29-18-16-28(23-40)17-19-29/h16-19,24-27,30-31,33,35-37H,13-15,20-23,40H2,1-12H3,(H,41,47)/t26-,27+,30-,31-,33+,35-,36-,37+/m0/s1. The summed E-state index contributed by atoms with van der Waals surface area (Å²) in [5, 5.41) is 0. The van der Waals surface area contributed by atoms with Crippen LogP contribution in [0.15, 0.2) is 29.2 Å². The van der Waals surface area contributed by atoms with Gasteiger partial charge in [-0.1, -0.05) is 67.0 Å². The summed E-state index contributed by atoms with van der Waals surface area (Å²) in [6.45, 7) is 14.3. The molecule has 1 aliphatic rings. The van der Waals surface area contributed by atoms with Gasteiger partial charge in [-0.15, -0.1) is 0 Å². The maximum Gasteiger partial charge on any atom is 0.264 e.